The van der Waals surface area contributed by atoms with Gasteiger partial charge < -0.3 is 4.90 Å². The van der Waals surface area contributed by atoms with Crippen molar-refractivity contribution in [1.29, 1.82) is 0 Å². The van der Waals surface area contributed by atoms with Crippen LogP contribution >= 0.6 is 11.6 Å². The molecule has 76 valence electrons. The number of carbonyl (C=O) groups excluding carboxylic acids is 1. The molecule has 0 spiro atoms. The smallest absolute Gasteiger partial charge is 0.272 e. The summed E-state index contributed by atoms with van der Waals surface area (Å²) in [6.45, 7) is 3.14. The minimum atomic E-state index is -0.0613. The van der Waals surface area contributed by atoms with Crippen molar-refractivity contribution < 1.29 is 4.79 Å². The monoisotopic (exact) mass is 212 g/mol. The highest BCUT2D eigenvalue weighted by Gasteiger charge is 2.13. The number of carbonyl (C=O) groups is 1. The van der Waals surface area contributed by atoms with E-state index in [0.717, 1.165) is 0 Å². The zero-order valence-electron chi connectivity index (χ0n) is 8.11. The summed E-state index contributed by atoms with van der Waals surface area (Å²) in [5, 5.41) is 0. The Balaban J connectivity index is 2.73. The molecule has 0 bridgehead atoms. The second kappa shape index (κ2) is 5.60. The molecule has 1 heterocycles. The van der Waals surface area contributed by atoms with Gasteiger partial charge in [0.25, 0.3) is 5.91 Å². The quantitative estimate of drug-likeness (QED) is 0.713. The molecule has 0 saturated carbocycles. The SMILES string of the molecule is CCN(CCCl)C(=O)c1ccccn1. The minimum Gasteiger partial charge on any atom is -0.336 e. The first-order valence-corrected chi connectivity index (χ1v) is 5.09. The Morgan fingerprint density at radius 2 is 2.36 bits per heavy atom. The first-order chi connectivity index (χ1) is 6.79. The molecule has 14 heavy (non-hydrogen) atoms. The van der Waals surface area contributed by atoms with E-state index in [2.05, 4.69) is 4.98 Å². The largest absolute Gasteiger partial charge is 0.336 e. The van der Waals surface area contributed by atoms with E-state index >= 15 is 0 Å². The lowest BCUT2D eigenvalue weighted by Gasteiger charge is -2.18. The minimum absolute atomic E-state index is 0.0613. The molecule has 0 radical (unpaired) electrons. The van der Waals surface area contributed by atoms with E-state index in [9.17, 15) is 4.79 Å². The molecule has 3 nitrogen and oxygen atoms in total. The summed E-state index contributed by atoms with van der Waals surface area (Å²) in [6.07, 6.45) is 1.61. The summed E-state index contributed by atoms with van der Waals surface area (Å²) < 4.78 is 0. The third-order valence-electron chi connectivity index (χ3n) is 1.91. The topological polar surface area (TPSA) is 33.2 Å². The molecule has 0 N–H and O–H groups in total. The van der Waals surface area contributed by atoms with Crippen molar-refractivity contribution in [3.8, 4) is 0 Å². The Bertz CT molecular complexity index is 289. The molecule has 1 aromatic rings. The Kier molecular flexibility index (Phi) is 4.40. The molecule has 4 heteroatoms. The molecule has 1 amide bonds. The summed E-state index contributed by atoms with van der Waals surface area (Å²) in [7, 11) is 0. The molecule has 0 aliphatic rings. The van der Waals surface area contributed by atoms with Gasteiger partial charge in [-0.05, 0) is 19.1 Å². The van der Waals surface area contributed by atoms with Gasteiger partial charge in [0.2, 0.25) is 0 Å². The Labute approximate surface area is 88.7 Å². The van der Waals surface area contributed by atoms with Crippen LogP contribution in [0, 0.1) is 0 Å². The lowest BCUT2D eigenvalue weighted by Crippen LogP contribution is -2.33. The highest BCUT2D eigenvalue weighted by molar-refractivity contribution is 6.18. The van der Waals surface area contributed by atoms with Crippen LogP contribution in [0.2, 0.25) is 0 Å². The van der Waals surface area contributed by atoms with Gasteiger partial charge in [0, 0.05) is 25.2 Å². The summed E-state index contributed by atoms with van der Waals surface area (Å²) in [5.41, 5.74) is 0.472. The maximum absolute atomic E-state index is 11.8. The van der Waals surface area contributed by atoms with Crippen LogP contribution in [0.5, 0.6) is 0 Å². The maximum Gasteiger partial charge on any atom is 0.272 e. The van der Waals surface area contributed by atoms with Gasteiger partial charge in [-0.15, -0.1) is 11.6 Å². The molecule has 0 aliphatic heterocycles. The van der Waals surface area contributed by atoms with Crippen molar-refractivity contribution in [3.05, 3.63) is 30.1 Å². The number of hydrogen-bond donors (Lipinski definition) is 0. The lowest BCUT2D eigenvalue weighted by atomic mass is 10.3. The van der Waals surface area contributed by atoms with Gasteiger partial charge in [0.1, 0.15) is 5.69 Å². The molecule has 1 rings (SSSR count). The highest BCUT2D eigenvalue weighted by atomic mass is 35.5. The van der Waals surface area contributed by atoms with E-state index in [1.165, 1.54) is 0 Å². The normalized spacial score (nSPS) is 9.86. The third kappa shape index (κ3) is 2.70. The molecule has 0 saturated heterocycles. The van der Waals surface area contributed by atoms with Crippen molar-refractivity contribution >= 4 is 17.5 Å². The lowest BCUT2D eigenvalue weighted by molar-refractivity contribution is 0.0768. The van der Waals surface area contributed by atoms with Gasteiger partial charge in [0.05, 0.1) is 0 Å². The maximum atomic E-state index is 11.8. The van der Waals surface area contributed by atoms with Gasteiger partial charge in [-0.1, -0.05) is 6.07 Å². The second-order valence-corrected chi connectivity index (χ2v) is 3.17. The third-order valence-corrected chi connectivity index (χ3v) is 2.08. The number of nitrogens with zero attached hydrogens (tertiary/aromatic N) is 2. The zero-order chi connectivity index (χ0) is 10.4. The van der Waals surface area contributed by atoms with Crippen LogP contribution in [0.3, 0.4) is 0 Å². The fraction of sp³-hybridized carbons (Fsp3) is 0.400. The van der Waals surface area contributed by atoms with E-state index in [4.69, 9.17) is 11.6 Å². The van der Waals surface area contributed by atoms with Crippen LogP contribution in [-0.4, -0.2) is 34.8 Å². The van der Waals surface area contributed by atoms with E-state index in [1.54, 1.807) is 29.3 Å². The fourth-order valence-corrected chi connectivity index (χ4v) is 1.36. The van der Waals surface area contributed by atoms with E-state index in [0.29, 0.717) is 24.7 Å². The predicted octanol–water partition coefficient (Wildman–Crippen LogP) is 1.78. The van der Waals surface area contributed by atoms with Crippen molar-refractivity contribution in [2.75, 3.05) is 19.0 Å². The Morgan fingerprint density at radius 1 is 1.57 bits per heavy atom. The predicted molar refractivity (Wildman–Crippen MR) is 56.5 cm³/mol. The fourth-order valence-electron chi connectivity index (χ4n) is 1.16. The van der Waals surface area contributed by atoms with Crippen molar-refractivity contribution in [2.24, 2.45) is 0 Å². The van der Waals surface area contributed by atoms with E-state index in [1.807, 2.05) is 6.92 Å². The van der Waals surface area contributed by atoms with E-state index in [-0.39, 0.29) is 5.91 Å². The molecule has 0 fully saturated rings. The Hall–Kier alpha value is -1.09. The number of aromatic nitrogens is 1. The first kappa shape index (κ1) is 11.0. The summed E-state index contributed by atoms with van der Waals surface area (Å²) >= 11 is 5.59. The molecular weight excluding hydrogens is 200 g/mol. The van der Waals surface area contributed by atoms with Crippen LogP contribution in [0.15, 0.2) is 24.4 Å². The van der Waals surface area contributed by atoms with Crippen LogP contribution in [-0.2, 0) is 0 Å². The van der Waals surface area contributed by atoms with Gasteiger partial charge in [0.15, 0.2) is 0 Å². The standard InChI is InChI=1S/C10H13ClN2O/c1-2-13(8-6-11)10(14)9-5-3-4-7-12-9/h3-5,7H,2,6,8H2,1H3. The molecule has 1 aromatic heterocycles. The van der Waals surface area contributed by atoms with Crippen LogP contribution < -0.4 is 0 Å². The number of rotatable bonds is 4. The number of halogens is 1. The highest BCUT2D eigenvalue weighted by Crippen LogP contribution is 2.01. The molecular formula is C10H13ClN2O. The van der Waals surface area contributed by atoms with Crippen molar-refractivity contribution in [2.45, 2.75) is 6.92 Å². The number of amides is 1. The summed E-state index contributed by atoms with van der Waals surface area (Å²) in [5.74, 6) is 0.389. The molecule has 0 atom stereocenters. The first-order valence-electron chi connectivity index (χ1n) is 4.56. The van der Waals surface area contributed by atoms with Gasteiger partial charge >= 0.3 is 0 Å². The van der Waals surface area contributed by atoms with Crippen molar-refractivity contribution in [1.82, 2.24) is 9.88 Å². The van der Waals surface area contributed by atoms with E-state index < -0.39 is 0 Å². The second-order valence-electron chi connectivity index (χ2n) is 2.79. The Morgan fingerprint density at radius 3 is 2.86 bits per heavy atom. The van der Waals surface area contributed by atoms with Gasteiger partial charge in [-0.2, -0.15) is 0 Å². The number of pyridine rings is 1. The average Bonchev–Trinajstić information content (AvgIpc) is 2.26. The zero-order valence-corrected chi connectivity index (χ0v) is 8.87. The molecule has 0 aromatic carbocycles. The average molecular weight is 213 g/mol. The van der Waals surface area contributed by atoms with Crippen LogP contribution in [0.1, 0.15) is 17.4 Å². The number of hydrogen-bond acceptors (Lipinski definition) is 2. The van der Waals surface area contributed by atoms with Gasteiger partial charge in [-0.3, -0.25) is 9.78 Å². The summed E-state index contributed by atoms with van der Waals surface area (Å²) in [6, 6.07) is 5.29. The molecule has 0 aliphatic carbocycles. The van der Waals surface area contributed by atoms with Crippen LogP contribution in [0.4, 0.5) is 0 Å². The van der Waals surface area contributed by atoms with Crippen LogP contribution in [0.25, 0.3) is 0 Å². The molecule has 0 unspecified atom stereocenters. The summed E-state index contributed by atoms with van der Waals surface area (Å²) in [4.78, 5) is 17.4. The number of alkyl halides is 1. The van der Waals surface area contributed by atoms with Crippen molar-refractivity contribution in [3.63, 3.8) is 0 Å². The van der Waals surface area contributed by atoms with Gasteiger partial charge in [-0.25, -0.2) is 0 Å².